The molecule has 0 aliphatic carbocycles. The van der Waals surface area contributed by atoms with E-state index in [-0.39, 0.29) is 0 Å². The smallest absolute Gasteiger partial charge is 0.407 e. The molecule has 1 aromatic carbocycles. The largest absolute Gasteiger partial charge is 0.435 e. The topological polar surface area (TPSA) is 71.8 Å². The summed E-state index contributed by atoms with van der Waals surface area (Å²) in [6.45, 7) is 0. The summed E-state index contributed by atoms with van der Waals surface area (Å²) in [5.74, 6) is -4.22. The average Bonchev–Trinajstić information content (AvgIpc) is 2.91. The first kappa shape index (κ1) is 16.9. The van der Waals surface area contributed by atoms with Crippen molar-refractivity contribution in [1.82, 2.24) is 15.0 Å². The highest BCUT2D eigenvalue weighted by molar-refractivity contribution is 5.89. The summed E-state index contributed by atoms with van der Waals surface area (Å²) in [6, 6.07) is 0.417. The Morgan fingerprint density at radius 1 is 1.20 bits per heavy atom. The Morgan fingerprint density at radius 3 is 2.48 bits per heavy atom. The molecule has 132 valence electrons. The Kier molecular flexibility index (Phi) is 3.77. The van der Waals surface area contributed by atoms with Crippen molar-refractivity contribution in [3.8, 4) is 11.3 Å². The molecule has 1 N–H and O–H groups in total. The van der Waals surface area contributed by atoms with Gasteiger partial charge in [-0.1, -0.05) is 0 Å². The molecular formula is C13H4F7N3O2. The molecule has 0 fully saturated rings. The highest BCUT2D eigenvalue weighted by atomic mass is 19.4. The molecule has 12 heteroatoms. The van der Waals surface area contributed by atoms with Crippen LogP contribution >= 0.6 is 0 Å². The van der Waals surface area contributed by atoms with Crippen LogP contribution in [0, 0.1) is 11.6 Å². The van der Waals surface area contributed by atoms with E-state index in [9.17, 15) is 35.5 Å². The fourth-order valence-corrected chi connectivity index (χ4v) is 2.13. The number of H-pyrrole nitrogens is 1. The van der Waals surface area contributed by atoms with Crippen LogP contribution in [0.1, 0.15) is 17.8 Å². The molecule has 2 heterocycles. The number of benzene rings is 1. The first-order chi connectivity index (χ1) is 11.6. The van der Waals surface area contributed by atoms with Gasteiger partial charge >= 0.3 is 11.9 Å². The van der Waals surface area contributed by atoms with Crippen molar-refractivity contribution in [2.75, 3.05) is 0 Å². The number of alkyl halides is 5. The lowest BCUT2D eigenvalue weighted by Gasteiger charge is -2.12. The van der Waals surface area contributed by atoms with E-state index < -0.39 is 63.7 Å². The minimum atomic E-state index is -5.27. The van der Waals surface area contributed by atoms with Crippen molar-refractivity contribution in [3.05, 3.63) is 45.8 Å². The number of aromatic nitrogens is 3. The van der Waals surface area contributed by atoms with Gasteiger partial charge in [-0.3, -0.25) is 9.97 Å². The minimum absolute atomic E-state index is 0.417. The van der Waals surface area contributed by atoms with Gasteiger partial charge in [0.2, 0.25) is 0 Å². The Hall–Kier alpha value is -2.92. The Morgan fingerprint density at radius 2 is 1.88 bits per heavy atom. The molecule has 5 nitrogen and oxygen atoms in total. The SMILES string of the molecule is O=c1[nH]c2c(F)c(F)cc(-c3cnc(C(F)F)c(C(F)(F)F)n3)c2o1. The molecule has 0 spiro atoms. The standard InChI is InChI=1S/C13H4F7N3O2/c14-4-1-3(9-7(6(4)15)23-12(24)25-9)5-2-21-8(11(16)17)10(22-5)13(18,19)20/h1-2,11H,(H,23,24). The number of oxazole rings is 1. The van der Waals surface area contributed by atoms with E-state index >= 15 is 0 Å². The Bertz CT molecular complexity index is 1020. The monoisotopic (exact) mass is 367 g/mol. The molecule has 0 saturated carbocycles. The molecule has 0 saturated heterocycles. The van der Waals surface area contributed by atoms with E-state index in [1.54, 1.807) is 0 Å². The summed E-state index contributed by atoms with van der Waals surface area (Å²) in [5.41, 5.74) is -6.28. The van der Waals surface area contributed by atoms with Gasteiger partial charge in [0, 0.05) is 5.56 Å². The van der Waals surface area contributed by atoms with Gasteiger partial charge in [-0.25, -0.2) is 27.3 Å². The minimum Gasteiger partial charge on any atom is -0.407 e. The van der Waals surface area contributed by atoms with Crippen molar-refractivity contribution in [3.63, 3.8) is 0 Å². The van der Waals surface area contributed by atoms with Gasteiger partial charge in [-0.2, -0.15) is 13.2 Å². The van der Waals surface area contributed by atoms with Crippen molar-refractivity contribution in [2.24, 2.45) is 0 Å². The third-order valence-electron chi connectivity index (χ3n) is 3.15. The highest BCUT2D eigenvalue weighted by Crippen LogP contribution is 2.36. The number of aromatic amines is 1. The van der Waals surface area contributed by atoms with Crippen molar-refractivity contribution in [1.29, 1.82) is 0 Å². The molecule has 0 amide bonds. The fraction of sp³-hybridized carbons (Fsp3) is 0.154. The van der Waals surface area contributed by atoms with Crippen LogP contribution in [0.2, 0.25) is 0 Å². The van der Waals surface area contributed by atoms with Crippen LogP contribution in [0.5, 0.6) is 0 Å². The van der Waals surface area contributed by atoms with Crippen LogP contribution in [-0.4, -0.2) is 15.0 Å². The van der Waals surface area contributed by atoms with Crippen LogP contribution in [0.25, 0.3) is 22.4 Å². The Labute approximate surface area is 132 Å². The van der Waals surface area contributed by atoms with E-state index in [4.69, 9.17) is 0 Å². The van der Waals surface area contributed by atoms with Crippen LogP contribution in [0.3, 0.4) is 0 Å². The molecule has 3 aromatic rings. The number of halogens is 7. The second kappa shape index (κ2) is 5.57. The van der Waals surface area contributed by atoms with Gasteiger partial charge in [0.15, 0.2) is 22.9 Å². The molecule has 0 atom stereocenters. The predicted molar refractivity (Wildman–Crippen MR) is 67.7 cm³/mol. The first-order valence-electron chi connectivity index (χ1n) is 6.33. The number of rotatable bonds is 2. The first-order valence-corrected chi connectivity index (χ1v) is 6.33. The zero-order valence-corrected chi connectivity index (χ0v) is 11.6. The third kappa shape index (κ3) is 2.83. The van der Waals surface area contributed by atoms with Crippen LogP contribution in [0.15, 0.2) is 21.5 Å². The van der Waals surface area contributed by atoms with Gasteiger partial charge in [-0.05, 0) is 6.07 Å². The summed E-state index contributed by atoms with van der Waals surface area (Å²) in [5, 5.41) is 0. The molecule has 2 aromatic heterocycles. The number of nitrogens with zero attached hydrogens (tertiary/aromatic N) is 2. The maximum Gasteiger partial charge on any atom is 0.435 e. The zero-order valence-electron chi connectivity index (χ0n) is 11.6. The molecule has 0 aliphatic heterocycles. The van der Waals surface area contributed by atoms with Gasteiger partial charge in [0.1, 0.15) is 11.2 Å². The van der Waals surface area contributed by atoms with E-state index in [1.807, 2.05) is 4.98 Å². The van der Waals surface area contributed by atoms with Gasteiger partial charge in [0.05, 0.1) is 11.9 Å². The van der Waals surface area contributed by atoms with Crippen molar-refractivity contribution < 1.29 is 35.2 Å². The molecule has 25 heavy (non-hydrogen) atoms. The van der Waals surface area contributed by atoms with Crippen LogP contribution in [-0.2, 0) is 6.18 Å². The molecule has 3 rings (SSSR count). The molecule has 0 unspecified atom stereocenters. The number of nitrogens with one attached hydrogen (secondary N) is 1. The quantitative estimate of drug-likeness (QED) is 0.699. The van der Waals surface area contributed by atoms with Crippen molar-refractivity contribution in [2.45, 2.75) is 12.6 Å². The fourth-order valence-electron chi connectivity index (χ4n) is 2.13. The lowest BCUT2D eigenvalue weighted by atomic mass is 10.1. The second-order valence-electron chi connectivity index (χ2n) is 4.73. The summed E-state index contributed by atoms with van der Waals surface area (Å²) in [7, 11) is 0. The molecule has 0 aliphatic rings. The number of fused-ring (bicyclic) bond motifs is 1. The lowest BCUT2D eigenvalue weighted by molar-refractivity contribution is -0.143. The third-order valence-corrected chi connectivity index (χ3v) is 3.15. The zero-order chi connectivity index (χ0) is 18.5. The van der Waals surface area contributed by atoms with Crippen LogP contribution in [0.4, 0.5) is 30.7 Å². The predicted octanol–water partition coefficient (Wildman–Crippen LogP) is 3.81. The maximum atomic E-state index is 13.6. The molecule has 0 radical (unpaired) electrons. The van der Waals surface area contributed by atoms with E-state index in [2.05, 4.69) is 14.4 Å². The lowest BCUT2D eigenvalue weighted by Crippen LogP contribution is -2.14. The van der Waals surface area contributed by atoms with E-state index in [0.29, 0.717) is 12.3 Å². The average molecular weight is 367 g/mol. The summed E-state index contributed by atoms with van der Waals surface area (Å²) in [4.78, 5) is 19.0. The Balaban J connectivity index is 2.33. The summed E-state index contributed by atoms with van der Waals surface area (Å²) >= 11 is 0. The van der Waals surface area contributed by atoms with Gasteiger partial charge in [-0.15, -0.1) is 0 Å². The highest BCUT2D eigenvalue weighted by Gasteiger charge is 2.39. The summed E-state index contributed by atoms with van der Waals surface area (Å²) < 4.78 is 95.9. The van der Waals surface area contributed by atoms with E-state index in [0.717, 1.165) is 0 Å². The molecule has 0 bridgehead atoms. The van der Waals surface area contributed by atoms with Crippen molar-refractivity contribution >= 4 is 11.1 Å². The number of hydrogen-bond donors (Lipinski definition) is 1. The number of hydrogen-bond acceptors (Lipinski definition) is 4. The molecular weight excluding hydrogens is 363 g/mol. The second-order valence-corrected chi connectivity index (χ2v) is 4.73. The van der Waals surface area contributed by atoms with E-state index in [1.165, 1.54) is 0 Å². The van der Waals surface area contributed by atoms with Gasteiger partial charge in [0.25, 0.3) is 6.43 Å². The maximum absolute atomic E-state index is 13.6. The van der Waals surface area contributed by atoms with Crippen LogP contribution < -0.4 is 5.76 Å². The van der Waals surface area contributed by atoms with Gasteiger partial charge < -0.3 is 4.42 Å². The summed E-state index contributed by atoms with van der Waals surface area (Å²) in [6.07, 6.45) is -8.32. The normalized spacial score (nSPS) is 12.3.